The van der Waals surface area contributed by atoms with Crippen LogP contribution in [0.1, 0.15) is 26.3 Å². The Balaban J connectivity index is 1.85. The highest BCUT2D eigenvalue weighted by atomic mass is 32.2. The van der Waals surface area contributed by atoms with Gasteiger partial charge in [0.2, 0.25) is 5.91 Å². The SMILES string of the molecule is CC(C)Cn1c(S[C@H](C)C(=O)N(C)Cc2ccccc2)nc2ccccc2c1=O. The Labute approximate surface area is 175 Å². The van der Waals surface area contributed by atoms with E-state index in [1.807, 2.05) is 55.5 Å². The van der Waals surface area contributed by atoms with Gasteiger partial charge in [0.1, 0.15) is 0 Å². The normalized spacial score (nSPS) is 12.3. The Morgan fingerprint density at radius 3 is 2.41 bits per heavy atom. The van der Waals surface area contributed by atoms with Gasteiger partial charge in [-0.15, -0.1) is 0 Å². The van der Waals surface area contributed by atoms with Crippen LogP contribution in [0.15, 0.2) is 64.5 Å². The van der Waals surface area contributed by atoms with E-state index in [-0.39, 0.29) is 16.7 Å². The fraction of sp³-hybridized carbons (Fsp3) is 0.348. The molecule has 0 saturated heterocycles. The molecule has 0 spiro atoms. The van der Waals surface area contributed by atoms with E-state index in [1.165, 1.54) is 11.8 Å². The third kappa shape index (κ3) is 5.07. The van der Waals surface area contributed by atoms with E-state index < -0.39 is 0 Å². The lowest BCUT2D eigenvalue weighted by Gasteiger charge is -2.22. The first-order valence-electron chi connectivity index (χ1n) is 9.82. The molecular weight excluding hydrogens is 382 g/mol. The zero-order chi connectivity index (χ0) is 21.0. The van der Waals surface area contributed by atoms with Crippen LogP contribution in [0.4, 0.5) is 0 Å². The molecule has 0 aliphatic rings. The standard InChI is InChI=1S/C23H27N3O2S/c1-16(2)14-26-22(28)19-12-8-9-13-20(19)24-23(26)29-17(3)21(27)25(4)15-18-10-6-5-7-11-18/h5-13,16-17H,14-15H2,1-4H3/t17-/m1/s1. The zero-order valence-electron chi connectivity index (χ0n) is 17.3. The number of hydrogen-bond acceptors (Lipinski definition) is 4. The average molecular weight is 410 g/mol. The largest absolute Gasteiger partial charge is 0.340 e. The maximum atomic E-state index is 13.0. The molecule has 0 saturated carbocycles. The molecule has 1 atom stereocenters. The fourth-order valence-corrected chi connectivity index (χ4v) is 4.25. The van der Waals surface area contributed by atoms with Crippen LogP contribution in [-0.2, 0) is 17.9 Å². The number of hydrogen-bond donors (Lipinski definition) is 0. The highest BCUT2D eigenvalue weighted by Gasteiger charge is 2.22. The van der Waals surface area contributed by atoms with Gasteiger partial charge < -0.3 is 4.90 Å². The number of thioether (sulfide) groups is 1. The lowest BCUT2D eigenvalue weighted by Crippen LogP contribution is -2.33. The number of amides is 1. The van der Waals surface area contributed by atoms with Gasteiger partial charge in [-0.3, -0.25) is 14.2 Å². The van der Waals surface area contributed by atoms with Crippen LogP contribution in [0, 0.1) is 5.92 Å². The van der Waals surface area contributed by atoms with Crippen molar-refractivity contribution in [1.82, 2.24) is 14.5 Å². The number of carbonyl (C=O) groups excluding carboxylic acids is 1. The van der Waals surface area contributed by atoms with Crippen LogP contribution < -0.4 is 5.56 Å². The molecule has 1 amide bonds. The molecular formula is C23H27N3O2S. The Morgan fingerprint density at radius 2 is 1.72 bits per heavy atom. The van der Waals surface area contributed by atoms with Gasteiger partial charge in [-0.25, -0.2) is 4.98 Å². The summed E-state index contributed by atoms with van der Waals surface area (Å²) in [4.78, 5) is 32.4. The minimum atomic E-state index is -0.352. The van der Waals surface area contributed by atoms with Crippen molar-refractivity contribution in [2.75, 3.05) is 7.05 Å². The van der Waals surface area contributed by atoms with Crippen LogP contribution in [-0.4, -0.2) is 32.7 Å². The second-order valence-corrected chi connectivity index (χ2v) is 8.97. The fourth-order valence-electron chi connectivity index (χ4n) is 3.22. The predicted octanol–water partition coefficient (Wildman–Crippen LogP) is 4.19. The minimum Gasteiger partial charge on any atom is -0.340 e. The van der Waals surface area contributed by atoms with Crippen molar-refractivity contribution < 1.29 is 4.79 Å². The molecule has 0 radical (unpaired) electrons. The molecule has 0 aliphatic heterocycles. The second kappa shape index (κ2) is 9.27. The smallest absolute Gasteiger partial charge is 0.262 e. The van der Waals surface area contributed by atoms with Crippen molar-refractivity contribution in [2.45, 2.75) is 44.3 Å². The number of para-hydroxylation sites is 1. The van der Waals surface area contributed by atoms with E-state index >= 15 is 0 Å². The summed E-state index contributed by atoms with van der Waals surface area (Å²) in [6.45, 7) is 7.13. The number of benzene rings is 2. The topological polar surface area (TPSA) is 55.2 Å². The van der Waals surface area contributed by atoms with Gasteiger partial charge in [0.25, 0.3) is 5.56 Å². The second-order valence-electron chi connectivity index (χ2n) is 7.66. The Morgan fingerprint density at radius 1 is 1.07 bits per heavy atom. The molecule has 29 heavy (non-hydrogen) atoms. The molecule has 6 heteroatoms. The highest BCUT2D eigenvalue weighted by Crippen LogP contribution is 2.24. The van der Waals surface area contributed by atoms with Gasteiger partial charge in [0, 0.05) is 20.1 Å². The van der Waals surface area contributed by atoms with E-state index in [9.17, 15) is 9.59 Å². The highest BCUT2D eigenvalue weighted by molar-refractivity contribution is 8.00. The molecule has 0 fully saturated rings. The van der Waals surface area contributed by atoms with Crippen LogP contribution in [0.5, 0.6) is 0 Å². The zero-order valence-corrected chi connectivity index (χ0v) is 18.1. The monoisotopic (exact) mass is 409 g/mol. The molecule has 5 nitrogen and oxygen atoms in total. The van der Waals surface area contributed by atoms with Crippen molar-refractivity contribution in [3.8, 4) is 0 Å². The molecule has 1 aromatic heterocycles. The van der Waals surface area contributed by atoms with Crippen molar-refractivity contribution in [3.63, 3.8) is 0 Å². The van der Waals surface area contributed by atoms with Crippen LogP contribution >= 0.6 is 11.8 Å². The number of fused-ring (bicyclic) bond motifs is 1. The van der Waals surface area contributed by atoms with Gasteiger partial charge in [-0.1, -0.05) is 68.1 Å². The summed E-state index contributed by atoms with van der Waals surface area (Å²) in [5.74, 6) is 0.305. The molecule has 0 unspecified atom stereocenters. The molecule has 0 aliphatic carbocycles. The van der Waals surface area contributed by atoms with Crippen molar-refractivity contribution in [3.05, 3.63) is 70.5 Å². The first-order chi connectivity index (χ1) is 13.9. The molecule has 2 aromatic carbocycles. The number of rotatable bonds is 7. The summed E-state index contributed by atoms with van der Waals surface area (Å²) >= 11 is 1.35. The van der Waals surface area contributed by atoms with Crippen LogP contribution in [0.25, 0.3) is 10.9 Å². The van der Waals surface area contributed by atoms with Gasteiger partial charge >= 0.3 is 0 Å². The van der Waals surface area contributed by atoms with E-state index in [2.05, 4.69) is 13.8 Å². The molecule has 152 valence electrons. The van der Waals surface area contributed by atoms with Gasteiger partial charge in [-0.2, -0.15) is 0 Å². The van der Waals surface area contributed by atoms with Crippen LogP contribution in [0.2, 0.25) is 0 Å². The Kier molecular flexibility index (Phi) is 6.75. The predicted molar refractivity (Wildman–Crippen MR) is 119 cm³/mol. The quantitative estimate of drug-likeness (QED) is 0.434. The molecule has 3 rings (SSSR count). The van der Waals surface area contributed by atoms with Crippen molar-refractivity contribution in [1.29, 1.82) is 0 Å². The van der Waals surface area contributed by atoms with Crippen LogP contribution in [0.3, 0.4) is 0 Å². The summed E-state index contributed by atoms with van der Waals surface area (Å²) < 4.78 is 1.71. The van der Waals surface area contributed by atoms with Crippen molar-refractivity contribution >= 4 is 28.6 Å². The van der Waals surface area contributed by atoms with Gasteiger partial charge in [-0.05, 0) is 30.5 Å². The third-order valence-electron chi connectivity index (χ3n) is 4.64. The number of nitrogens with zero attached hydrogens (tertiary/aromatic N) is 3. The molecule has 0 bridgehead atoms. The first kappa shape index (κ1) is 21.1. The van der Waals surface area contributed by atoms with E-state index in [0.717, 1.165) is 5.56 Å². The third-order valence-corrected chi connectivity index (χ3v) is 5.72. The summed E-state index contributed by atoms with van der Waals surface area (Å²) in [6.07, 6.45) is 0. The number of aromatic nitrogens is 2. The Hall–Kier alpha value is -2.60. The molecule has 1 heterocycles. The van der Waals surface area contributed by atoms with Gasteiger partial charge in [0.05, 0.1) is 16.2 Å². The van der Waals surface area contributed by atoms with Crippen molar-refractivity contribution in [2.24, 2.45) is 5.92 Å². The summed E-state index contributed by atoms with van der Waals surface area (Å²) in [5, 5.41) is 0.851. The van der Waals surface area contributed by atoms with E-state index in [0.29, 0.717) is 35.1 Å². The summed E-state index contributed by atoms with van der Waals surface area (Å²) in [6, 6.07) is 17.3. The summed E-state index contributed by atoms with van der Waals surface area (Å²) in [5.41, 5.74) is 1.70. The maximum absolute atomic E-state index is 13.0. The Bertz CT molecular complexity index is 1050. The molecule has 3 aromatic rings. The van der Waals surface area contributed by atoms with Gasteiger partial charge in [0.15, 0.2) is 5.16 Å². The number of carbonyl (C=O) groups is 1. The molecule has 0 N–H and O–H groups in total. The minimum absolute atomic E-state index is 0.0114. The summed E-state index contributed by atoms with van der Waals surface area (Å²) in [7, 11) is 1.81. The van der Waals surface area contributed by atoms with E-state index in [4.69, 9.17) is 4.98 Å². The lowest BCUT2D eigenvalue weighted by atomic mass is 10.2. The first-order valence-corrected chi connectivity index (χ1v) is 10.7. The maximum Gasteiger partial charge on any atom is 0.262 e. The lowest BCUT2D eigenvalue weighted by molar-refractivity contribution is -0.129. The van der Waals surface area contributed by atoms with E-state index in [1.54, 1.807) is 22.6 Å². The average Bonchev–Trinajstić information content (AvgIpc) is 2.70.